The zero-order valence-corrected chi connectivity index (χ0v) is 18.9. The molecule has 1 aromatic carbocycles. The average Bonchev–Trinajstić information content (AvgIpc) is 3.45. The number of hydrogen-bond acceptors (Lipinski definition) is 7. The molecule has 3 heterocycles. The van der Waals surface area contributed by atoms with Crippen LogP contribution in [0.5, 0.6) is 0 Å². The molecular formula is C21H22FN7O2S. The van der Waals surface area contributed by atoms with Gasteiger partial charge in [0.05, 0.1) is 17.6 Å². The molecule has 0 aliphatic rings. The molecule has 0 spiro atoms. The van der Waals surface area contributed by atoms with Crippen LogP contribution in [0, 0.1) is 19.7 Å². The Balaban J connectivity index is 1.64. The van der Waals surface area contributed by atoms with Gasteiger partial charge in [0, 0.05) is 45.0 Å². The Kier molecular flexibility index (Phi) is 6.08. The Bertz CT molecular complexity index is 1250. The van der Waals surface area contributed by atoms with Crippen LogP contribution in [0.15, 0.2) is 46.3 Å². The van der Waals surface area contributed by atoms with Crippen LogP contribution in [0.1, 0.15) is 33.5 Å². The van der Waals surface area contributed by atoms with Gasteiger partial charge in [-0.3, -0.25) is 14.0 Å². The molecule has 0 N–H and O–H groups in total. The highest BCUT2D eigenvalue weighted by molar-refractivity contribution is 7.98. The van der Waals surface area contributed by atoms with Gasteiger partial charge in [-0.05, 0) is 31.2 Å². The van der Waals surface area contributed by atoms with Gasteiger partial charge in [0.2, 0.25) is 5.89 Å². The van der Waals surface area contributed by atoms with E-state index in [-0.39, 0.29) is 11.7 Å². The third kappa shape index (κ3) is 4.57. The first-order chi connectivity index (χ1) is 15.3. The van der Waals surface area contributed by atoms with Crippen LogP contribution >= 0.6 is 11.8 Å². The molecule has 166 valence electrons. The number of nitrogens with zero attached hydrogens (tertiary/aromatic N) is 7. The van der Waals surface area contributed by atoms with Gasteiger partial charge in [0.1, 0.15) is 11.5 Å². The molecule has 11 heteroatoms. The Labute approximate surface area is 188 Å². The number of thioether (sulfide) groups is 1. The molecule has 0 unspecified atom stereocenters. The summed E-state index contributed by atoms with van der Waals surface area (Å²) in [4.78, 5) is 23.6. The summed E-state index contributed by atoms with van der Waals surface area (Å²) in [6.07, 6.45) is 3.42. The van der Waals surface area contributed by atoms with Crippen molar-refractivity contribution in [1.29, 1.82) is 0 Å². The van der Waals surface area contributed by atoms with E-state index in [1.165, 1.54) is 30.1 Å². The molecule has 0 saturated heterocycles. The minimum atomic E-state index is -0.359. The lowest BCUT2D eigenvalue weighted by atomic mass is 10.2. The SMILES string of the molecule is Cc1nc(CSc2ncc(C(=O)N(C)Cc3cn(C)nc3C)n2-c2ccc(F)cc2)no1. The molecule has 0 aliphatic carbocycles. The monoisotopic (exact) mass is 455 g/mol. The highest BCUT2D eigenvalue weighted by Crippen LogP contribution is 2.27. The summed E-state index contributed by atoms with van der Waals surface area (Å²) in [5.74, 6) is 0.840. The van der Waals surface area contributed by atoms with E-state index in [4.69, 9.17) is 4.52 Å². The number of carbonyl (C=O) groups excluding carboxylic acids is 1. The second-order valence-corrected chi connectivity index (χ2v) is 8.27. The Hall–Kier alpha value is -3.47. The maximum atomic E-state index is 13.5. The Morgan fingerprint density at radius 2 is 2.00 bits per heavy atom. The standard InChI is InChI=1S/C21H22FN7O2S/c1-13-15(11-28(4)25-13)10-27(3)20(30)18-9-23-21(32-12-19-24-14(2)31-26-19)29(18)17-7-5-16(22)6-8-17/h5-9,11H,10,12H2,1-4H3. The largest absolute Gasteiger partial charge is 0.340 e. The minimum absolute atomic E-state index is 0.215. The zero-order valence-electron chi connectivity index (χ0n) is 18.1. The number of aryl methyl sites for hydroxylation is 3. The number of imidazole rings is 1. The lowest BCUT2D eigenvalue weighted by Gasteiger charge is -2.18. The minimum Gasteiger partial charge on any atom is -0.340 e. The summed E-state index contributed by atoms with van der Waals surface area (Å²) < 4.78 is 22.0. The molecule has 4 rings (SSSR count). The van der Waals surface area contributed by atoms with E-state index in [1.54, 1.807) is 40.3 Å². The van der Waals surface area contributed by atoms with Crippen LogP contribution in [0.2, 0.25) is 0 Å². The molecule has 3 aromatic heterocycles. The number of rotatable bonds is 7. The van der Waals surface area contributed by atoms with Crippen molar-refractivity contribution in [2.45, 2.75) is 31.3 Å². The van der Waals surface area contributed by atoms with Gasteiger partial charge in [0.15, 0.2) is 11.0 Å². The molecule has 32 heavy (non-hydrogen) atoms. The quantitative estimate of drug-likeness (QED) is 0.395. The molecule has 0 saturated carbocycles. The Morgan fingerprint density at radius 1 is 1.25 bits per heavy atom. The second kappa shape index (κ2) is 8.95. The molecule has 0 radical (unpaired) electrons. The van der Waals surface area contributed by atoms with Crippen molar-refractivity contribution in [2.75, 3.05) is 7.05 Å². The zero-order chi connectivity index (χ0) is 22.8. The first kappa shape index (κ1) is 21.8. The van der Waals surface area contributed by atoms with Crippen molar-refractivity contribution in [2.24, 2.45) is 7.05 Å². The number of benzene rings is 1. The summed E-state index contributed by atoms with van der Waals surface area (Å²) in [7, 11) is 3.57. The van der Waals surface area contributed by atoms with E-state index < -0.39 is 0 Å². The topological polar surface area (TPSA) is 94.9 Å². The molecular weight excluding hydrogens is 433 g/mol. The van der Waals surface area contributed by atoms with E-state index in [9.17, 15) is 9.18 Å². The van der Waals surface area contributed by atoms with Crippen molar-refractivity contribution in [3.8, 4) is 5.69 Å². The van der Waals surface area contributed by atoms with Crippen LogP contribution in [-0.4, -0.2) is 47.3 Å². The van der Waals surface area contributed by atoms with Crippen LogP contribution in [0.4, 0.5) is 4.39 Å². The predicted octanol–water partition coefficient (Wildman–Crippen LogP) is 3.31. The molecule has 4 aromatic rings. The fourth-order valence-corrected chi connectivity index (χ4v) is 4.12. The molecule has 0 fully saturated rings. The molecule has 9 nitrogen and oxygen atoms in total. The van der Waals surface area contributed by atoms with Crippen LogP contribution in [0.3, 0.4) is 0 Å². The third-order valence-corrected chi connectivity index (χ3v) is 5.75. The summed E-state index contributed by atoms with van der Waals surface area (Å²) in [6.45, 7) is 4.03. The summed E-state index contributed by atoms with van der Waals surface area (Å²) in [6, 6.07) is 5.93. The van der Waals surface area contributed by atoms with Gasteiger partial charge in [-0.1, -0.05) is 16.9 Å². The van der Waals surface area contributed by atoms with Crippen LogP contribution < -0.4 is 0 Å². The highest BCUT2D eigenvalue weighted by atomic mass is 32.2. The normalized spacial score (nSPS) is 11.2. The number of halogens is 1. The van der Waals surface area contributed by atoms with Crippen molar-refractivity contribution < 1.29 is 13.7 Å². The number of carbonyl (C=O) groups is 1. The number of hydrogen-bond donors (Lipinski definition) is 0. The van der Waals surface area contributed by atoms with E-state index in [1.807, 2.05) is 20.2 Å². The van der Waals surface area contributed by atoms with E-state index >= 15 is 0 Å². The fraction of sp³-hybridized carbons (Fsp3) is 0.286. The molecule has 0 aliphatic heterocycles. The molecule has 0 atom stereocenters. The van der Waals surface area contributed by atoms with Gasteiger partial charge in [0.25, 0.3) is 5.91 Å². The Morgan fingerprint density at radius 3 is 2.62 bits per heavy atom. The lowest BCUT2D eigenvalue weighted by molar-refractivity contribution is 0.0776. The highest BCUT2D eigenvalue weighted by Gasteiger charge is 2.23. The predicted molar refractivity (Wildman–Crippen MR) is 116 cm³/mol. The first-order valence-corrected chi connectivity index (χ1v) is 10.8. The van der Waals surface area contributed by atoms with Crippen molar-refractivity contribution in [1.82, 2.24) is 34.4 Å². The van der Waals surface area contributed by atoms with E-state index in [0.29, 0.717) is 40.6 Å². The lowest BCUT2D eigenvalue weighted by Crippen LogP contribution is -2.28. The maximum absolute atomic E-state index is 13.5. The van der Waals surface area contributed by atoms with Crippen molar-refractivity contribution in [3.63, 3.8) is 0 Å². The third-order valence-electron chi connectivity index (χ3n) is 4.80. The van der Waals surface area contributed by atoms with E-state index in [0.717, 1.165) is 11.3 Å². The van der Waals surface area contributed by atoms with Crippen molar-refractivity contribution >= 4 is 17.7 Å². The van der Waals surface area contributed by atoms with Gasteiger partial charge in [-0.25, -0.2) is 9.37 Å². The van der Waals surface area contributed by atoms with E-state index in [2.05, 4.69) is 20.2 Å². The second-order valence-electron chi connectivity index (χ2n) is 7.33. The number of aromatic nitrogens is 6. The first-order valence-electron chi connectivity index (χ1n) is 9.82. The molecule has 1 amide bonds. The smallest absolute Gasteiger partial charge is 0.272 e. The maximum Gasteiger partial charge on any atom is 0.272 e. The van der Waals surface area contributed by atoms with Gasteiger partial charge in [-0.15, -0.1) is 0 Å². The van der Waals surface area contributed by atoms with Crippen LogP contribution in [0.25, 0.3) is 5.69 Å². The van der Waals surface area contributed by atoms with Crippen molar-refractivity contribution in [3.05, 3.63) is 71.1 Å². The van der Waals surface area contributed by atoms with Crippen LogP contribution in [-0.2, 0) is 19.3 Å². The summed E-state index contributed by atoms with van der Waals surface area (Å²) in [5.41, 5.74) is 2.82. The fourth-order valence-electron chi connectivity index (χ4n) is 3.28. The molecule has 0 bridgehead atoms. The average molecular weight is 456 g/mol. The van der Waals surface area contributed by atoms with Gasteiger partial charge >= 0.3 is 0 Å². The summed E-state index contributed by atoms with van der Waals surface area (Å²) >= 11 is 1.36. The van der Waals surface area contributed by atoms with Gasteiger partial charge < -0.3 is 9.42 Å². The number of amides is 1. The van der Waals surface area contributed by atoms with Gasteiger partial charge in [-0.2, -0.15) is 10.1 Å². The summed E-state index contributed by atoms with van der Waals surface area (Å²) in [5, 5.41) is 8.79.